The van der Waals surface area contributed by atoms with Crippen LogP contribution in [0.3, 0.4) is 0 Å². The summed E-state index contributed by atoms with van der Waals surface area (Å²) in [5, 5.41) is 25.4. The molecule has 1 aliphatic heterocycles. The fraction of sp³-hybridized carbons (Fsp3) is 0.500. The Kier molecular flexibility index (Phi) is 3.30. The van der Waals surface area contributed by atoms with Crippen molar-refractivity contribution in [2.75, 3.05) is 17.2 Å². The molecule has 0 saturated heterocycles. The van der Waals surface area contributed by atoms with Crippen LogP contribution < -0.4 is 4.90 Å². The molecule has 0 spiro atoms. The lowest BCUT2D eigenvalue weighted by Gasteiger charge is -2.27. The predicted octanol–water partition coefficient (Wildman–Crippen LogP) is -0.397. The van der Waals surface area contributed by atoms with Gasteiger partial charge in [-0.1, -0.05) is 11.8 Å². The van der Waals surface area contributed by atoms with Crippen molar-refractivity contribution >= 4 is 23.7 Å². The van der Waals surface area contributed by atoms with E-state index in [2.05, 4.69) is 25.3 Å². The highest BCUT2D eigenvalue weighted by atomic mass is 32.2. The minimum atomic E-state index is -0.870. The number of carboxylic acid groups (broad SMARTS) is 1. The molecule has 9 nitrogen and oxygen atoms in total. The lowest BCUT2D eigenvalue weighted by Crippen LogP contribution is -2.35. The molecule has 0 atom stereocenters. The van der Waals surface area contributed by atoms with Gasteiger partial charge in [-0.05, 0) is 0 Å². The van der Waals surface area contributed by atoms with E-state index in [1.54, 1.807) is 10.9 Å². The van der Waals surface area contributed by atoms with Gasteiger partial charge in [-0.3, -0.25) is 9.36 Å². The second-order valence-electron chi connectivity index (χ2n) is 4.39. The Labute approximate surface area is 118 Å². The summed E-state index contributed by atoms with van der Waals surface area (Å²) in [6.07, 6.45) is 1.72. The number of fused-ring (bicyclic) bond motifs is 1. The van der Waals surface area contributed by atoms with Crippen molar-refractivity contribution in [3.63, 3.8) is 0 Å². The minimum Gasteiger partial charge on any atom is -0.481 e. The third-order valence-electron chi connectivity index (χ3n) is 3.06. The van der Waals surface area contributed by atoms with Crippen LogP contribution >= 0.6 is 11.8 Å². The first kappa shape index (κ1) is 12.9. The topological polar surface area (TPSA) is 102 Å². The highest BCUT2D eigenvalue weighted by molar-refractivity contribution is 7.99. The van der Waals surface area contributed by atoms with Gasteiger partial charge in [0.1, 0.15) is 6.33 Å². The molecule has 10 heteroatoms. The van der Waals surface area contributed by atoms with Gasteiger partial charge < -0.3 is 14.6 Å². The predicted molar refractivity (Wildman–Crippen MR) is 70.4 cm³/mol. The highest BCUT2D eigenvalue weighted by Crippen LogP contribution is 2.22. The third kappa shape index (κ3) is 2.33. The van der Waals surface area contributed by atoms with E-state index in [0.29, 0.717) is 17.6 Å². The number of carboxylic acids is 1. The molecule has 20 heavy (non-hydrogen) atoms. The number of nitrogens with zero attached hydrogens (tertiary/aromatic N) is 7. The molecule has 106 valence electrons. The standard InChI is InChI=1S/C10H13N7O2S/c1-15-9(13-14-10(15)20-5-8(18)19)16-2-3-17-6-11-12-7(17)4-16/h6H,2-5H2,1H3,(H,18,19). The van der Waals surface area contributed by atoms with Gasteiger partial charge in [0, 0.05) is 20.1 Å². The minimum absolute atomic E-state index is 0.0275. The summed E-state index contributed by atoms with van der Waals surface area (Å²) in [5.74, 6) is 0.706. The summed E-state index contributed by atoms with van der Waals surface area (Å²) in [6, 6.07) is 0. The first-order valence-electron chi connectivity index (χ1n) is 6.01. The number of rotatable bonds is 4. The molecule has 3 heterocycles. The van der Waals surface area contributed by atoms with Crippen molar-refractivity contribution in [2.45, 2.75) is 18.2 Å². The molecule has 2 aromatic rings. The Hall–Kier alpha value is -2.10. The fourth-order valence-corrected chi connectivity index (χ4v) is 2.70. The number of aromatic nitrogens is 6. The van der Waals surface area contributed by atoms with Crippen LogP contribution in [0.4, 0.5) is 5.95 Å². The molecule has 0 aromatic carbocycles. The molecule has 0 aliphatic carbocycles. The molecule has 1 N–H and O–H groups in total. The van der Waals surface area contributed by atoms with E-state index in [0.717, 1.165) is 30.7 Å². The number of aliphatic carboxylic acids is 1. The normalized spacial score (nSPS) is 14.3. The summed E-state index contributed by atoms with van der Waals surface area (Å²) in [6.45, 7) is 2.21. The zero-order valence-electron chi connectivity index (χ0n) is 10.8. The van der Waals surface area contributed by atoms with Gasteiger partial charge in [0.2, 0.25) is 5.95 Å². The average Bonchev–Trinajstić information content (AvgIpc) is 3.02. The van der Waals surface area contributed by atoms with Crippen molar-refractivity contribution in [2.24, 2.45) is 7.05 Å². The molecular weight excluding hydrogens is 282 g/mol. The Morgan fingerprint density at radius 3 is 3.05 bits per heavy atom. The average molecular weight is 295 g/mol. The lowest BCUT2D eigenvalue weighted by molar-refractivity contribution is -0.133. The van der Waals surface area contributed by atoms with E-state index in [1.165, 1.54) is 0 Å². The van der Waals surface area contributed by atoms with Gasteiger partial charge in [0.05, 0.1) is 12.3 Å². The molecule has 1 aliphatic rings. The van der Waals surface area contributed by atoms with Crippen molar-refractivity contribution in [1.29, 1.82) is 0 Å². The maximum atomic E-state index is 10.6. The zero-order valence-corrected chi connectivity index (χ0v) is 11.6. The molecule has 0 fully saturated rings. The number of hydrogen-bond donors (Lipinski definition) is 1. The lowest BCUT2D eigenvalue weighted by atomic mass is 10.4. The van der Waals surface area contributed by atoms with Crippen LogP contribution in [-0.2, 0) is 24.9 Å². The van der Waals surface area contributed by atoms with Crippen LogP contribution in [-0.4, -0.2) is 52.9 Å². The first-order chi connectivity index (χ1) is 9.65. The van der Waals surface area contributed by atoms with Gasteiger partial charge in [-0.15, -0.1) is 20.4 Å². The van der Waals surface area contributed by atoms with Crippen LogP contribution in [0.1, 0.15) is 5.82 Å². The summed E-state index contributed by atoms with van der Waals surface area (Å²) >= 11 is 1.16. The number of anilines is 1. The Morgan fingerprint density at radius 2 is 2.25 bits per heavy atom. The second-order valence-corrected chi connectivity index (χ2v) is 5.33. The summed E-state index contributed by atoms with van der Waals surface area (Å²) < 4.78 is 3.81. The fourth-order valence-electron chi connectivity index (χ4n) is 2.07. The zero-order chi connectivity index (χ0) is 14.1. The van der Waals surface area contributed by atoms with Crippen LogP contribution in [0.5, 0.6) is 0 Å². The molecule has 0 radical (unpaired) electrons. The Bertz CT molecular complexity index is 637. The first-order valence-corrected chi connectivity index (χ1v) is 6.99. The number of hydrogen-bond acceptors (Lipinski definition) is 7. The quantitative estimate of drug-likeness (QED) is 0.760. The molecule has 3 rings (SSSR count). The molecule has 0 saturated carbocycles. The highest BCUT2D eigenvalue weighted by Gasteiger charge is 2.22. The molecular formula is C10H13N7O2S. The molecule has 0 unspecified atom stereocenters. The van der Waals surface area contributed by atoms with Crippen LogP contribution in [0.2, 0.25) is 0 Å². The number of thioether (sulfide) groups is 1. The Balaban J connectivity index is 1.77. The Morgan fingerprint density at radius 1 is 1.40 bits per heavy atom. The van der Waals surface area contributed by atoms with Crippen LogP contribution in [0.25, 0.3) is 0 Å². The summed E-state index contributed by atoms with van der Waals surface area (Å²) in [5.41, 5.74) is 0. The second kappa shape index (κ2) is 5.12. The van der Waals surface area contributed by atoms with Gasteiger partial charge >= 0.3 is 5.97 Å². The smallest absolute Gasteiger partial charge is 0.313 e. The third-order valence-corrected chi connectivity index (χ3v) is 4.06. The van der Waals surface area contributed by atoms with E-state index in [4.69, 9.17) is 5.11 Å². The molecule has 0 amide bonds. The van der Waals surface area contributed by atoms with E-state index in [-0.39, 0.29) is 5.75 Å². The monoisotopic (exact) mass is 295 g/mol. The van der Waals surface area contributed by atoms with Gasteiger partial charge in [-0.2, -0.15) is 0 Å². The largest absolute Gasteiger partial charge is 0.481 e. The summed E-state index contributed by atoms with van der Waals surface area (Å²) in [4.78, 5) is 12.7. The summed E-state index contributed by atoms with van der Waals surface area (Å²) in [7, 11) is 1.83. The van der Waals surface area contributed by atoms with E-state index >= 15 is 0 Å². The molecule has 0 bridgehead atoms. The van der Waals surface area contributed by atoms with E-state index in [1.807, 2.05) is 11.6 Å². The maximum absolute atomic E-state index is 10.6. The van der Waals surface area contributed by atoms with E-state index < -0.39 is 5.97 Å². The van der Waals surface area contributed by atoms with Gasteiger partial charge in [0.15, 0.2) is 11.0 Å². The van der Waals surface area contributed by atoms with Crippen LogP contribution in [0.15, 0.2) is 11.5 Å². The molecule has 2 aromatic heterocycles. The SMILES string of the molecule is Cn1c(SCC(=O)O)nnc1N1CCn2cnnc2C1. The van der Waals surface area contributed by atoms with Crippen molar-refractivity contribution in [1.82, 2.24) is 29.5 Å². The van der Waals surface area contributed by atoms with Gasteiger partial charge in [0.25, 0.3) is 0 Å². The number of carbonyl (C=O) groups is 1. The van der Waals surface area contributed by atoms with Crippen molar-refractivity contribution in [3.8, 4) is 0 Å². The van der Waals surface area contributed by atoms with Crippen LogP contribution in [0, 0.1) is 0 Å². The maximum Gasteiger partial charge on any atom is 0.313 e. The van der Waals surface area contributed by atoms with Crippen molar-refractivity contribution in [3.05, 3.63) is 12.2 Å². The van der Waals surface area contributed by atoms with Crippen molar-refractivity contribution < 1.29 is 9.90 Å². The van der Waals surface area contributed by atoms with E-state index in [9.17, 15) is 4.79 Å². The van der Waals surface area contributed by atoms with Gasteiger partial charge in [-0.25, -0.2) is 0 Å².